The van der Waals surface area contributed by atoms with Crippen molar-refractivity contribution in [2.24, 2.45) is 5.73 Å². The number of rotatable bonds is 4. The highest BCUT2D eigenvalue weighted by molar-refractivity contribution is 7.91. The predicted molar refractivity (Wildman–Crippen MR) is 54.6 cm³/mol. The van der Waals surface area contributed by atoms with E-state index in [0.29, 0.717) is 5.56 Å². The number of nitrogens with zero attached hydrogens (tertiary/aromatic N) is 1. The minimum atomic E-state index is -4.05. The molecule has 0 radical (unpaired) electrons. The number of carbonyl (C=O) groups is 1. The maximum atomic E-state index is 11.3. The topological polar surface area (TPSA) is 139 Å². The minimum absolute atomic E-state index is 0.0962. The molecule has 9 nitrogen and oxygen atoms in total. The molecule has 5 N–H and O–H groups in total. The number of methoxy groups -OCH3 is 1. The first-order valence-electron chi connectivity index (χ1n) is 4.09. The lowest BCUT2D eigenvalue weighted by molar-refractivity contribution is 0.177. The van der Waals surface area contributed by atoms with Crippen LogP contribution in [0.25, 0.3) is 0 Å². The Bertz CT molecular complexity index is 467. The number of hydrogen-bond acceptors (Lipinski definition) is 6. The van der Waals surface area contributed by atoms with Gasteiger partial charge in [0.05, 0.1) is 13.3 Å². The summed E-state index contributed by atoms with van der Waals surface area (Å²) in [6.45, 7) is 0.104. The molecule has 0 aliphatic carbocycles. The van der Waals surface area contributed by atoms with Crippen molar-refractivity contribution in [1.29, 1.82) is 0 Å². The Morgan fingerprint density at radius 3 is 2.94 bits per heavy atom. The molecular weight excluding hydrogens is 238 g/mol. The molecule has 0 saturated carbocycles. The number of anilines is 1. The van der Waals surface area contributed by atoms with Gasteiger partial charge < -0.3 is 10.5 Å². The molecule has 0 aliphatic heterocycles. The lowest BCUT2D eigenvalue weighted by Crippen LogP contribution is -2.35. The molecule has 1 heterocycles. The quantitative estimate of drug-likeness (QED) is 0.533. The Kier molecular flexibility index (Phi) is 3.68. The van der Waals surface area contributed by atoms with Gasteiger partial charge in [-0.15, -0.1) is 0 Å². The Hall–Kier alpha value is -1.81. The fourth-order valence-corrected chi connectivity index (χ4v) is 1.66. The molecule has 0 unspecified atom stereocenters. The van der Waals surface area contributed by atoms with Gasteiger partial charge in [0.2, 0.25) is 0 Å². The smallest absolute Gasteiger partial charge is 0.422 e. The standard InChI is InChI=1S/C6H11N5O4S/c1-15-6(12)11-16(13,14)10-5-4(2-7)3-8-9-5/h3H,2,7H2,1H3,(H,11,12)(H2,8,9,10). The van der Waals surface area contributed by atoms with Crippen LogP contribution < -0.4 is 15.2 Å². The zero-order valence-corrected chi connectivity index (χ0v) is 9.17. The third kappa shape index (κ3) is 3.10. The van der Waals surface area contributed by atoms with E-state index in [-0.39, 0.29) is 12.4 Å². The zero-order valence-electron chi connectivity index (χ0n) is 8.35. The van der Waals surface area contributed by atoms with Crippen LogP contribution in [0.2, 0.25) is 0 Å². The van der Waals surface area contributed by atoms with E-state index in [2.05, 4.69) is 14.9 Å². The molecule has 0 bridgehead atoms. The minimum Gasteiger partial charge on any atom is -0.452 e. The normalized spacial score (nSPS) is 10.9. The maximum Gasteiger partial charge on any atom is 0.422 e. The summed E-state index contributed by atoms with van der Waals surface area (Å²) in [4.78, 5) is 10.7. The summed E-state index contributed by atoms with van der Waals surface area (Å²) in [5.41, 5.74) is 5.80. The second kappa shape index (κ2) is 4.81. The summed E-state index contributed by atoms with van der Waals surface area (Å²) in [6.07, 6.45) is 0.275. The van der Waals surface area contributed by atoms with Crippen LogP contribution in [0.3, 0.4) is 0 Å². The van der Waals surface area contributed by atoms with Gasteiger partial charge >= 0.3 is 16.3 Å². The van der Waals surface area contributed by atoms with E-state index in [1.165, 1.54) is 6.20 Å². The van der Waals surface area contributed by atoms with Crippen LogP contribution in [0.1, 0.15) is 5.56 Å². The molecule has 0 aliphatic rings. The van der Waals surface area contributed by atoms with Crippen molar-refractivity contribution in [3.63, 3.8) is 0 Å². The van der Waals surface area contributed by atoms with E-state index >= 15 is 0 Å². The van der Waals surface area contributed by atoms with Crippen LogP contribution in [0.4, 0.5) is 10.6 Å². The first-order valence-corrected chi connectivity index (χ1v) is 5.57. The molecular formula is C6H11N5O4S. The molecule has 1 rings (SSSR count). The van der Waals surface area contributed by atoms with Crippen molar-refractivity contribution < 1.29 is 17.9 Å². The number of H-pyrrole nitrogens is 1. The van der Waals surface area contributed by atoms with E-state index in [1.54, 1.807) is 4.72 Å². The van der Waals surface area contributed by atoms with Crippen molar-refractivity contribution in [2.75, 3.05) is 11.8 Å². The fourth-order valence-electron chi connectivity index (χ4n) is 0.865. The van der Waals surface area contributed by atoms with E-state index < -0.39 is 16.3 Å². The number of aromatic nitrogens is 2. The van der Waals surface area contributed by atoms with Crippen LogP contribution in [0.5, 0.6) is 0 Å². The molecule has 90 valence electrons. The Morgan fingerprint density at radius 2 is 2.38 bits per heavy atom. The lowest BCUT2D eigenvalue weighted by atomic mass is 10.3. The van der Waals surface area contributed by atoms with Gasteiger partial charge in [0, 0.05) is 12.1 Å². The first kappa shape index (κ1) is 12.3. The van der Waals surface area contributed by atoms with Crippen molar-refractivity contribution in [2.45, 2.75) is 6.54 Å². The molecule has 10 heteroatoms. The molecule has 0 atom stereocenters. The van der Waals surface area contributed by atoms with Crippen molar-refractivity contribution in [3.8, 4) is 0 Å². The largest absolute Gasteiger partial charge is 0.452 e. The molecule has 0 aromatic carbocycles. The SMILES string of the molecule is COC(=O)NS(=O)(=O)Nc1[nH]ncc1CN. The summed E-state index contributed by atoms with van der Waals surface area (Å²) < 4.78 is 30.4. The van der Waals surface area contributed by atoms with Gasteiger partial charge in [-0.25, -0.2) is 9.52 Å². The van der Waals surface area contributed by atoms with E-state index in [1.807, 2.05) is 4.72 Å². The van der Waals surface area contributed by atoms with Crippen LogP contribution in [0.15, 0.2) is 6.20 Å². The number of aromatic amines is 1. The molecule has 0 saturated heterocycles. The van der Waals surface area contributed by atoms with Crippen LogP contribution >= 0.6 is 0 Å². The van der Waals surface area contributed by atoms with Crippen LogP contribution in [0, 0.1) is 0 Å². The Morgan fingerprint density at radius 1 is 1.69 bits per heavy atom. The second-order valence-corrected chi connectivity index (χ2v) is 4.09. The number of amides is 1. The maximum absolute atomic E-state index is 11.3. The summed E-state index contributed by atoms with van der Waals surface area (Å²) in [7, 11) is -3.00. The summed E-state index contributed by atoms with van der Waals surface area (Å²) in [6, 6.07) is 0. The van der Waals surface area contributed by atoms with Gasteiger partial charge in [-0.2, -0.15) is 13.5 Å². The van der Waals surface area contributed by atoms with Crippen LogP contribution in [-0.4, -0.2) is 31.8 Å². The van der Waals surface area contributed by atoms with Gasteiger partial charge in [-0.1, -0.05) is 0 Å². The Balaban J connectivity index is 2.77. The summed E-state index contributed by atoms with van der Waals surface area (Å²) >= 11 is 0. The molecule has 1 amide bonds. The first-order chi connectivity index (χ1) is 7.48. The highest BCUT2D eigenvalue weighted by atomic mass is 32.2. The van der Waals surface area contributed by atoms with Crippen molar-refractivity contribution in [3.05, 3.63) is 11.8 Å². The average Bonchev–Trinajstić information content (AvgIpc) is 2.63. The lowest BCUT2D eigenvalue weighted by Gasteiger charge is -2.07. The zero-order chi connectivity index (χ0) is 12.2. The number of ether oxygens (including phenoxy) is 1. The summed E-state index contributed by atoms with van der Waals surface area (Å²) in [5.74, 6) is 0.0962. The number of nitrogens with two attached hydrogens (primary N) is 1. The van der Waals surface area contributed by atoms with E-state index in [9.17, 15) is 13.2 Å². The highest BCUT2D eigenvalue weighted by Gasteiger charge is 2.16. The predicted octanol–water partition coefficient (Wildman–Crippen LogP) is -1.12. The highest BCUT2D eigenvalue weighted by Crippen LogP contribution is 2.10. The average molecular weight is 249 g/mol. The third-order valence-corrected chi connectivity index (χ3v) is 2.49. The molecule has 0 fully saturated rings. The molecule has 1 aromatic rings. The second-order valence-electron chi connectivity index (χ2n) is 2.67. The van der Waals surface area contributed by atoms with Gasteiger partial charge in [-0.05, 0) is 0 Å². The molecule has 0 spiro atoms. The van der Waals surface area contributed by atoms with Gasteiger partial charge in [0.25, 0.3) is 0 Å². The molecule has 1 aromatic heterocycles. The number of hydrogen-bond donors (Lipinski definition) is 4. The van der Waals surface area contributed by atoms with Crippen molar-refractivity contribution >= 4 is 22.1 Å². The number of nitrogens with one attached hydrogen (secondary N) is 3. The fraction of sp³-hybridized carbons (Fsp3) is 0.333. The summed E-state index contributed by atoms with van der Waals surface area (Å²) in [5, 5.41) is 5.99. The van der Waals surface area contributed by atoms with Gasteiger partial charge in [0.1, 0.15) is 5.82 Å². The Labute approximate surface area is 91.5 Å². The van der Waals surface area contributed by atoms with Gasteiger partial charge in [0.15, 0.2) is 0 Å². The number of carbonyl (C=O) groups excluding carboxylic acids is 1. The van der Waals surface area contributed by atoms with E-state index in [0.717, 1.165) is 7.11 Å². The molecule has 16 heavy (non-hydrogen) atoms. The van der Waals surface area contributed by atoms with Gasteiger partial charge in [-0.3, -0.25) is 9.82 Å². The van der Waals surface area contributed by atoms with Crippen LogP contribution in [-0.2, 0) is 21.5 Å². The van der Waals surface area contributed by atoms with Crippen molar-refractivity contribution in [1.82, 2.24) is 14.9 Å². The third-order valence-electron chi connectivity index (χ3n) is 1.58. The van der Waals surface area contributed by atoms with E-state index in [4.69, 9.17) is 5.73 Å². The monoisotopic (exact) mass is 249 g/mol.